The summed E-state index contributed by atoms with van der Waals surface area (Å²) in [6, 6.07) is 10.8. The maximum atomic E-state index is 13.0. The van der Waals surface area contributed by atoms with Crippen LogP contribution in [-0.4, -0.2) is 43.2 Å². The SMILES string of the molecule is CO[C@@H]1CCN(c2ccc3c(c2)CC[C@H](NC(=O)c2sc4nc(C)ccc4c2N)C3)C1. The molecule has 6 nitrogen and oxygen atoms in total. The zero-order valence-electron chi connectivity index (χ0n) is 18.0. The Bertz CT molecular complexity index is 1140. The summed E-state index contributed by atoms with van der Waals surface area (Å²) in [6.45, 7) is 3.94. The van der Waals surface area contributed by atoms with E-state index >= 15 is 0 Å². The molecule has 1 fully saturated rings. The summed E-state index contributed by atoms with van der Waals surface area (Å²) in [5.41, 5.74) is 11.7. The number of rotatable bonds is 4. The quantitative estimate of drug-likeness (QED) is 0.652. The van der Waals surface area contributed by atoms with Gasteiger partial charge >= 0.3 is 0 Å². The summed E-state index contributed by atoms with van der Waals surface area (Å²) in [7, 11) is 1.79. The first-order valence-electron chi connectivity index (χ1n) is 10.9. The summed E-state index contributed by atoms with van der Waals surface area (Å²) < 4.78 is 5.50. The Kier molecular flexibility index (Phi) is 5.32. The maximum absolute atomic E-state index is 13.0. The molecule has 2 aromatic heterocycles. The monoisotopic (exact) mass is 436 g/mol. The van der Waals surface area contributed by atoms with Gasteiger partial charge in [-0.3, -0.25) is 4.79 Å². The van der Waals surface area contributed by atoms with Crippen molar-refractivity contribution in [1.82, 2.24) is 10.3 Å². The van der Waals surface area contributed by atoms with Crippen molar-refractivity contribution in [1.29, 1.82) is 0 Å². The van der Waals surface area contributed by atoms with E-state index in [1.807, 2.05) is 19.1 Å². The lowest BCUT2D eigenvalue weighted by molar-refractivity contribution is 0.0938. The molecule has 0 unspecified atom stereocenters. The third-order valence-electron chi connectivity index (χ3n) is 6.54. The van der Waals surface area contributed by atoms with E-state index in [1.165, 1.54) is 28.2 Å². The van der Waals surface area contributed by atoms with E-state index in [4.69, 9.17) is 10.5 Å². The number of benzene rings is 1. The van der Waals surface area contributed by atoms with E-state index in [0.717, 1.165) is 54.7 Å². The summed E-state index contributed by atoms with van der Waals surface area (Å²) in [5.74, 6) is -0.0918. The van der Waals surface area contributed by atoms with Crippen molar-refractivity contribution in [2.75, 3.05) is 30.8 Å². The minimum Gasteiger partial charge on any atom is -0.397 e. The van der Waals surface area contributed by atoms with Crippen LogP contribution in [0.4, 0.5) is 11.4 Å². The number of nitrogens with one attached hydrogen (secondary N) is 1. The first-order valence-corrected chi connectivity index (χ1v) is 11.7. The van der Waals surface area contributed by atoms with Crippen molar-refractivity contribution in [2.45, 2.75) is 44.8 Å². The zero-order valence-corrected chi connectivity index (χ0v) is 18.8. The van der Waals surface area contributed by atoms with Crippen molar-refractivity contribution in [3.63, 3.8) is 0 Å². The topological polar surface area (TPSA) is 80.5 Å². The third kappa shape index (κ3) is 3.88. The van der Waals surface area contributed by atoms with Gasteiger partial charge in [-0.05, 0) is 68.0 Å². The molecule has 0 radical (unpaired) electrons. The van der Waals surface area contributed by atoms with Gasteiger partial charge in [0, 0.05) is 43.0 Å². The highest BCUT2D eigenvalue weighted by atomic mass is 32.1. The fourth-order valence-corrected chi connectivity index (χ4v) is 5.77. The zero-order chi connectivity index (χ0) is 21.5. The highest BCUT2D eigenvalue weighted by molar-refractivity contribution is 7.21. The number of hydrogen-bond donors (Lipinski definition) is 2. The van der Waals surface area contributed by atoms with Gasteiger partial charge in [-0.25, -0.2) is 4.98 Å². The van der Waals surface area contributed by atoms with Gasteiger partial charge in [0.05, 0.1) is 11.8 Å². The second-order valence-electron chi connectivity index (χ2n) is 8.61. The number of carbonyl (C=O) groups is 1. The summed E-state index contributed by atoms with van der Waals surface area (Å²) in [5, 5.41) is 4.07. The normalized spacial score (nSPS) is 20.8. The van der Waals surface area contributed by atoms with E-state index in [-0.39, 0.29) is 11.9 Å². The smallest absolute Gasteiger partial charge is 0.263 e. The first kappa shape index (κ1) is 20.3. The Morgan fingerprint density at radius 1 is 1.26 bits per heavy atom. The average molecular weight is 437 g/mol. The molecule has 31 heavy (non-hydrogen) atoms. The molecule has 1 aliphatic heterocycles. The molecule has 1 saturated heterocycles. The van der Waals surface area contributed by atoms with E-state index in [9.17, 15) is 4.79 Å². The Morgan fingerprint density at radius 2 is 2.13 bits per heavy atom. The molecule has 162 valence electrons. The lowest BCUT2D eigenvalue weighted by atomic mass is 9.87. The van der Waals surface area contributed by atoms with Crippen LogP contribution >= 0.6 is 11.3 Å². The number of nitrogen functional groups attached to an aromatic ring is 1. The van der Waals surface area contributed by atoms with Gasteiger partial charge < -0.3 is 20.7 Å². The van der Waals surface area contributed by atoms with Crippen molar-refractivity contribution >= 4 is 38.8 Å². The number of pyridine rings is 1. The summed E-state index contributed by atoms with van der Waals surface area (Å²) in [4.78, 5) is 21.3. The molecule has 1 aromatic carbocycles. The molecule has 0 spiro atoms. The van der Waals surface area contributed by atoms with Crippen molar-refractivity contribution in [3.8, 4) is 0 Å². The molecule has 0 bridgehead atoms. The van der Waals surface area contributed by atoms with Gasteiger partial charge in [0.1, 0.15) is 9.71 Å². The van der Waals surface area contributed by atoms with Gasteiger partial charge in [0.15, 0.2) is 0 Å². The van der Waals surface area contributed by atoms with Crippen LogP contribution in [0.25, 0.3) is 10.2 Å². The van der Waals surface area contributed by atoms with Gasteiger partial charge in [0.25, 0.3) is 5.91 Å². The van der Waals surface area contributed by atoms with Crippen LogP contribution in [0.5, 0.6) is 0 Å². The predicted octanol–water partition coefficient (Wildman–Crippen LogP) is 3.70. The number of nitrogens with zero attached hydrogens (tertiary/aromatic N) is 2. The molecule has 2 aliphatic rings. The van der Waals surface area contributed by atoms with Crippen molar-refractivity contribution < 1.29 is 9.53 Å². The minimum atomic E-state index is -0.0918. The van der Waals surface area contributed by atoms with Crippen molar-refractivity contribution in [2.24, 2.45) is 0 Å². The minimum absolute atomic E-state index is 0.0918. The lowest BCUT2D eigenvalue weighted by Crippen LogP contribution is -2.38. The Balaban J connectivity index is 1.28. The second-order valence-corrected chi connectivity index (χ2v) is 9.61. The first-order chi connectivity index (χ1) is 15.0. The van der Waals surface area contributed by atoms with Crippen LogP contribution in [0, 0.1) is 6.92 Å². The van der Waals surface area contributed by atoms with Crippen LogP contribution < -0.4 is 16.0 Å². The molecule has 2 atom stereocenters. The van der Waals surface area contributed by atoms with E-state index in [2.05, 4.69) is 33.4 Å². The highest BCUT2D eigenvalue weighted by Crippen LogP contribution is 2.33. The number of ether oxygens (including phenoxy) is 1. The van der Waals surface area contributed by atoms with Crippen LogP contribution in [0.15, 0.2) is 30.3 Å². The second kappa shape index (κ2) is 8.13. The number of amides is 1. The molecular formula is C24H28N4O2S. The predicted molar refractivity (Wildman–Crippen MR) is 126 cm³/mol. The standard InChI is InChI=1S/C24H28N4O2S/c1-14-3-8-20-21(25)22(31-24(20)26-14)23(29)27-17-6-4-16-12-18(7-5-15(16)11-17)28-10-9-19(13-28)30-2/h3,5,7-8,12,17,19H,4,6,9-11,13,25H2,1-2H3,(H,27,29)/t17-,19+/m0/s1. The molecule has 3 N–H and O–H groups in total. The van der Waals surface area contributed by atoms with E-state index in [0.29, 0.717) is 16.7 Å². The van der Waals surface area contributed by atoms with E-state index < -0.39 is 0 Å². The Morgan fingerprint density at radius 3 is 2.94 bits per heavy atom. The number of hydrogen-bond acceptors (Lipinski definition) is 6. The largest absolute Gasteiger partial charge is 0.397 e. The Hall–Kier alpha value is -2.64. The molecule has 3 heterocycles. The molecule has 7 heteroatoms. The molecule has 1 aliphatic carbocycles. The van der Waals surface area contributed by atoms with Crippen molar-refractivity contribution in [3.05, 3.63) is 52.0 Å². The molecule has 5 rings (SSSR count). The third-order valence-corrected chi connectivity index (χ3v) is 7.65. The van der Waals surface area contributed by atoms with Crippen LogP contribution in [0.1, 0.15) is 39.3 Å². The number of fused-ring (bicyclic) bond motifs is 2. The molecular weight excluding hydrogens is 408 g/mol. The number of nitrogens with two attached hydrogens (primary N) is 1. The Labute approximate surface area is 186 Å². The van der Waals surface area contributed by atoms with Gasteiger partial charge in [-0.2, -0.15) is 0 Å². The number of aryl methyl sites for hydroxylation is 2. The number of carbonyl (C=O) groups excluding carboxylic acids is 1. The van der Waals surface area contributed by atoms with Gasteiger partial charge in [-0.15, -0.1) is 11.3 Å². The van der Waals surface area contributed by atoms with E-state index in [1.54, 1.807) is 7.11 Å². The maximum Gasteiger partial charge on any atom is 0.263 e. The molecule has 1 amide bonds. The number of anilines is 2. The average Bonchev–Trinajstić information content (AvgIpc) is 3.38. The van der Waals surface area contributed by atoms with Gasteiger partial charge in [-0.1, -0.05) is 6.07 Å². The number of aromatic nitrogens is 1. The summed E-state index contributed by atoms with van der Waals surface area (Å²) in [6.07, 6.45) is 4.17. The van der Waals surface area contributed by atoms with Gasteiger partial charge in [0.2, 0.25) is 0 Å². The molecule has 0 saturated carbocycles. The highest BCUT2D eigenvalue weighted by Gasteiger charge is 2.26. The fourth-order valence-electron chi connectivity index (χ4n) is 4.73. The fraction of sp³-hybridized carbons (Fsp3) is 0.417. The lowest BCUT2D eigenvalue weighted by Gasteiger charge is -2.27. The van der Waals surface area contributed by atoms with Crippen LogP contribution in [0.2, 0.25) is 0 Å². The number of thiophene rings is 1. The van der Waals surface area contributed by atoms with Crippen LogP contribution in [0.3, 0.4) is 0 Å². The van der Waals surface area contributed by atoms with Crippen LogP contribution in [-0.2, 0) is 17.6 Å². The molecule has 3 aromatic rings. The summed E-state index contributed by atoms with van der Waals surface area (Å²) >= 11 is 1.37. The number of methoxy groups -OCH3 is 1.